The number of nitrogens with one attached hydrogen (secondary N) is 1. The van der Waals surface area contributed by atoms with E-state index in [2.05, 4.69) is 10.1 Å². The van der Waals surface area contributed by atoms with Crippen LogP contribution in [0.5, 0.6) is 0 Å². The third-order valence-electron chi connectivity index (χ3n) is 3.49. The molecule has 1 aliphatic heterocycles. The Kier molecular flexibility index (Phi) is 4.62. The van der Waals surface area contributed by atoms with Crippen molar-refractivity contribution in [3.05, 3.63) is 29.9 Å². The zero-order chi connectivity index (χ0) is 16.4. The molecule has 0 radical (unpaired) electrons. The molecule has 8 nitrogen and oxygen atoms in total. The normalized spacial score (nSPS) is 17.2. The first-order valence-electron chi connectivity index (χ1n) is 6.52. The van der Waals surface area contributed by atoms with Gasteiger partial charge in [-0.3, -0.25) is 4.79 Å². The van der Waals surface area contributed by atoms with Crippen molar-refractivity contribution < 1.29 is 14.3 Å². The maximum atomic E-state index is 12.3. The molecule has 0 aromatic carbocycles. The lowest BCUT2D eigenvalue weighted by molar-refractivity contribution is -0.119. The van der Waals surface area contributed by atoms with E-state index in [0.717, 1.165) is 4.53 Å². The predicted octanol–water partition coefficient (Wildman–Crippen LogP) is 0.625. The minimum absolute atomic E-state index is 0.214. The van der Waals surface area contributed by atoms with Crippen LogP contribution in [0.1, 0.15) is 16.9 Å². The summed E-state index contributed by atoms with van der Waals surface area (Å²) in [4.78, 5) is 25.6. The minimum Gasteiger partial charge on any atom is -0.464 e. The van der Waals surface area contributed by atoms with Crippen molar-refractivity contribution in [3.63, 3.8) is 0 Å². The lowest BCUT2D eigenvalue weighted by Crippen LogP contribution is -2.36. The van der Waals surface area contributed by atoms with Crippen molar-refractivity contribution in [1.82, 2.24) is 14.0 Å². The molecule has 0 spiro atoms. The van der Waals surface area contributed by atoms with Crippen molar-refractivity contribution in [1.29, 1.82) is 0 Å². The number of hydrogen-bond donors (Lipinski definition) is 2. The number of likely N-dealkylation sites (N-methyl/N-ethyl adjacent to an activating group) is 1. The summed E-state index contributed by atoms with van der Waals surface area (Å²) in [5.74, 6) is 4.78. The van der Waals surface area contributed by atoms with E-state index >= 15 is 0 Å². The van der Waals surface area contributed by atoms with E-state index in [0.29, 0.717) is 23.5 Å². The van der Waals surface area contributed by atoms with Gasteiger partial charge in [0, 0.05) is 44.7 Å². The summed E-state index contributed by atoms with van der Waals surface area (Å²) >= 11 is 5.68. The second-order valence-corrected chi connectivity index (χ2v) is 5.39. The molecule has 1 aromatic heterocycles. The molecule has 1 aliphatic rings. The van der Waals surface area contributed by atoms with Crippen LogP contribution in [0.3, 0.4) is 0 Å². The molecule has 2 heterocycles. The molecule has 0 aliphatic carbocycles. The van der Waals surface area contributed by atoms with Crippen LogP contribution in [0.15, 0.2) is 24.2 Å². The highest BCUT2D eigenvalue weighted by molar-refractivity contribution is 6.14. The highest BCUT2D eigenvalue weighted by Crippen LogP contribution is 2.24. The van der Waals surface area contributed by atoms with Gasteiger partial charge in [0.2, 0.25) is 5.91 Å². The van der Waals surface area contributed by atoms with E-state index < -0.39 is 12.0 Å². The van der Waals surface area contributed by atoms with Crippen LogP contribution in [-0.4, -0.2) is 46.1 Å². The van der Waals surface area contributed by atoms with Crippen molar-refractivity contribution >= 4 is 29.3 Å². The number of amides is 1. The maximum absolute atomic E-state index is 12.3. The van der Waals surface area contributed by atoms with Crippen LogP contribution in [0, 0.1) is 0 Å². The number of aromatic nitrogens is 1. The Bertz CT molecular complexity index is 625. The third-order valence-corrected chi connectivity index (χ3v) is 3.71. The van der Waals surface area contributed by atoms with E-state index in [1.54, 1.807) is 42.0 Å². The molecule has 0 saturated heterocycles. The molecule has 3 N–H and O–H groups in total. The van der Waals surface area contributed by atoms with Crippen LogP contribution in [-0.2, 0) is 16.6 Å². The van der Waals surface area contributed by atoms with E-state index in [4.69, 9.17) is 17.6 Å². The van der Waals surface area contributed by atoms with Crippen molar-refractivity contribution in [2.24, 2.45) is 12.9 Å². The van der Waals surface area contributed by atoms with Gasteiger partial charge in [0.05, 0.1) is 18.5 Å². The first-order chi connectivity index (χ1) is 10.3. The number of hydrazine groups is 1. The van der Waals surface area contributed by atoms with Gasteiger partial charge in [-0.2, -0.15) is 0 Å². The fraction of sp³-hybridized carbons (Fsp3) is 0.385. The zero-order valence-electron chi connectivity index (χ0n) is 12.5. The summed E-state index contributed by atoms with van der Waals surface area (Å²) in [5, 5.41) is 2.77. The second kappa shape index (κ2) is 6.29. The first kappa shape index (κ1) is 16.2. The van der Waals surface area contributed by atoms with E-state index in [-0.39, 0.29) is 5.91 Å². The van der Waals surface area contributed by atoms with Gasteiger partial charge in [0.25, 0.3) is 0 Å². The third kappa shape index (κ3) is 3.18. The lowest BCUT2D eigenvalue weighted by Gasteiger charge is -2.19. The number of halogens is 1. The minimum atomic E-state index is -0.467. The molecule has 0 saturated carbocycles. The Balaban J connectivity index is 2.06. The van der Waals surface area contributed by atoms with Crippen LogP contribution in [0.25, 0.3) is 0 Å². The van der Waals surface area contributed by atoms with Gasteiger partial charge in [-0.05, 0) is 6.07 Å². The molecule has 0 bridgehead atoms. The number of aryl methyl sites for hydroxylation is 1. The number of carbonyl (C=O) groups is 2. The smallest absolute Gasteiger partial charge is 0.354 e. The Morgan fingerprint density at radius 2 is 2.18 bits per heavy atom. The molecule has 9 heteroatoms. The number of rotatable bonds is 4. The quantitative estimate of drug-likeness (QED) is 0.364. The number of nitrogens with zero attached hydrogens (tertiary/aromatic N) is 3. The summed E-state index contributed by atoms with van der Waals surface area (Å²) in [7, 11) is 4.77. The predicted molar refractivity (Wildman–Crippen MR) is 81.5 cm³/mol. The van der Waals surface area contributed by atoms with Crippen molar-refractivity contribution in [3.8, 4) is 0 Å². The fourth-order valence-electron chi connectivity index (χ4n) is 2.31. The van der Waals surface area contributed by atoms with Crippen LogP contribution >= 0.6 is 11.8 Å². The van der Waals surface area contributed by atoms with E-state index in [1.807, 2.05) is 0 Å². The Morgan fingerprint density at radius 1 is 1.50 bits per heavy atom. The monoisotopic (exact) mass is 327 g/mol. The van der Waals surface area contributed by atoms with Crippen LogP contribution < -0.4 is 11.2 Å². The summed E-state index contributed by atoms with van der Waals surface area (Å²) in [5.41, 5.74) is 1.52. The molecule has 1 atom stereocenters. The molecular formula is C13H18ClN5O3. The van der Waals surface area contributed by atoms with Gasteiger partial charge < -0.3 is 19.5 Å². The van der Waals surface area contributed by atoms with Gasteiger partial charge >= 0.3 is 5.97 Å². The summed E-state index contributed by atoms with van der Waals surface area (Å²) in [6.07, 6.45) is 3.76. The number of hydrogen-bond acceptors (Lipinski definition) is 6. The molecular weight excluding hydrogens is 310 g/mol. The largest absolute Gasteiger partial charge is 0.464 e. The van der Waals surface area contributed by atoms with Gasteiger partial charge in [-0.25, -0.2) is 15.2 Å². The van der Waals surface area contributed by atoms with Gasteiger partial charge in [0.1, 0.15) is 11.7 Å². The van der Waals surface area contributed by atoms with Crippen LogP contribution in [0.4, 0.5) is 5.69 Å². The molecule has 2 rings (SSSR count). The number of ether oxygens (including phenoxy) is 1. The summed E-state index contributed by atoms with van der Waals surface area (Å²) < 4.78 is 7.23. The molecule has 1 amide bonds. The average molecular weight is 328 g/mol. The number of nitrogens with two attached hydrogens (primary N) is 1. The van der Waals surface area contributed by atoms with Crippen molar-refractivity contribution in [2.75, 3.05) is 19.5 Å². The number of carbonyl (C=O) groups excluding carboxylic acids is 2. The number of anilines is 1. The molecule has 22 heavy (non-hydrogen) atoms. The average Bonchev–Trinajstić information content (AvgIpc) is 3.01. The number of methoxy groups -OCH3 is 1. The van der Waals surface area contributed by atoms with Gasteiger partial charge in [-0.15, -0.1) is 0 Å². The van der Waals surface area contributed by atoms with Crippen LogP contribution in [0.2, 0.25) is 0 Å². The topological polar surface area (TPSA) is 92.8 Å². The zero-order valence-corrected chi connectivity index (χ0v) is 13.3. The Hall–Kier alpha value is -2.19. The van der Waals surface area contributed by atoms with Crippen molar-refractivity contribution in [2.45, 2.75) is 12.5 Å². The maximum Gasteiger partial charge on any atom is 0.354 e. The van der Waals surface area contributed by atoms with E-state index in [9.17, 15) is 9.59 Å². The lowest BCUT2D eigenvalue weighted by atomic mass is 10.2. The first-order valence-corrected chi connectivity index (χ1v) is 6.86. The molecule has 1 unspecified atom stereocenters. The van der Waals surface area contributed by atoms with E-state index in [1.165, 1.54) is 7.11 Å². The Morgan fingerprint density at radius 3 is 2.73 bits per heavy atom. The van der Waals surface area contributed by atoms with Gasteiger partial charge in [-0.1, -0.05) is 0 Å². The number of esters is 1. The fourth-order valence-corrected chi connectivity index (χ4v) is 2.42. The summed E-state index contributed by atoms with van der Waals surface area (Å²) in [6, 6.07) is 1.14. The second-order valence-electron chi connectivity index (χ2n) is 5.02. The molecule has 1 aromatic rings. The molecule has 0 fully saturated rings. The Labute approximate surface area is 133 Å². The molecule has 120 valence electrons. The standard InChI is InChI=1S/C13H18ClN5O3/c1-17-6-8(4-11(17)13(21)22-3)16-12(20)10-5-9(19(14)15)7-18(10)2/h4,6-7,10H,5,15H2,1-3H3,(H,16,20). The van der Waals surface area contributed by atoms with Gasteiger partial charge in [0.15, 0.2) is 0 Å². The highest BCUT2D eigenvalue weighted by Gasteiger charge is 2.30. The highest BCUT2D eigenvalue weighted by atomic mass is 35.5. The SMILES string of the molecule is COC(=O)c1cc(NC(=O)C2CC(N(N)Cl)=CN2C)cn1C. The summed E-state index contributed by atoms with van der Waals surface area (Å²) in [6.45, 7) is 0.